The van der Waals surface area contributed by atoms with Crippen LogP contribution in [0.2, 0.25) is 0 Å². The third kappa shape index (κ3) is 4.57. The van der Waals surface area contributed by atoms with E-state index in [1.165, 1.54) is 7.11 Å². The molecule has 0 unspecified atom stereocenters. The summed E-state index contributed by atoms with van der Waals surface area (Å²) in [4.78, 5) is 37.9. The van der Waals surface area contributed by atoms with Crippen LogP contribution in [0.5, 0.6) is 5.88 Å². The van der Waals surface area contributed by atoms with Crippen molar-refractivity contribution in [2.45, 2.75) is 12.8 Å². The number of anilines is 1. The van der Waals surface area contributed by atoms with Gasteiger partial charge < -0.3 is 24.7 Å². The van der Waals surface area contributed by atoms with Gasteiger partial charge in [-0.15, -0.1) is 0 Å². The summed E-state index contributed by atoms with van der Waals surface area (Å²) >= 11 is 0. The Balaban J connectivity index is 1.40. The summed E-state index contributed by atoms with van der Waals surface area (Å²) in [5.74, 6) is -0.451. The molecule has 0 radical (unpaired) electrons. The summed E-state index contributed by atoms with van der Waals surface area (Å²) in [7, 11) is 1.33. The van der Waals surface area contributed by atoms with Crippen molar-refractivity contribution in [1.82, 2.24) is 9.97 Å². The van der Waals surface area contributed by atoms with E-state index in [2.05, 4.69) is 9.97 Å². The van der Waals surface area contributed by atoms with E-state index in [9.17, 15) is 14.7 Å². The van der Waals surface area contributed by atoms with Gasteiger partial charge in [0.2, 0.25) is 5.91 Å². The lowest BCUT2D eigenvalue weighted by Crippen LogP contribution is -2.30. The van der Waals surface area contributed by atoms with Gasteiger partial charge in [0.25, 0.3) is 0 Å². The SMILES string of the molecule is COC(=O)c1ccc2c(C(=Nc3ccc4c(c3)CCN4C(=O)Cc3ccc[nH]3)c3ccccc3)c(O)[nH]c2c1. The maximum absolute atomic E-state index is 12.9. The highest BCUT2D eigenvalue weighted by Crippen LogP contribution is 2.35. The van der Waals surface area contributed by atoms with Crippen LogP contribution in [0.25, 0.3) is 10.9 Å². The van der Waals surface area contributed by atoms with E-state index in [0.717, 1.165) is 34.3 Å². The minimum atomic E-state index is -0.456. The molecule has 8 heteroatoms. The lowest BCUT2D eigenvalue weighted by Gasteiger charge is -2.17. The summed E-state index contributed by atoms with van der Waals surface area (Å²) < 4.78 is 4.84. The number of H-pyrrole nitrogens is 2. The number of hydrogen-bond donors (Lipinski definition) is 3. The normalized spacial score (nSPS) is 13.1. The Morgan fingerprint density at radius 3 is 2.62 bits per heavy atom. The molecular formula is C31H26N4O4. The van der Waals surface area contributed by atoms with E-state index in [-0.39, 0.29) is 11.8 Å². The van der Waals surface area contributed by atoms with Crippen LogP contribution < -0.4 is 4.90 Å². The van der Waals surface area contributed by atoms with E-state index in [4.69, 9.17) is 9.73 Å². The van der Waals surface area contributed by atoms with Gasteiger partial charge in [-0.2, -0.15) is 0 Å². The second-order valence-electron chi connectivity index (χ2n) is 9.41. The van der Waals surface area contributed by atoms with E-state index in [1.54, 1.807) is 18.2 Å². The number of amides is 1. The fourth-order valence-corrected chi connectivity index (χ4v) is 5.11. The van der Waals surface area contributed by atoms with Gasteiger partial charge in [0, 0.05) is 40.6 Å². The Morgan fingerprint density at radius 1 is 1.00 bits per heavy atom. The molecule has 0 aliphatic carbocycles. The monoisotopic (exact) mass is 518 g/mol. The molecule has 0 atom stereocenters. The van der Waals surface area contributed by atoms with E-state index >= 15 is 0 Å². The van der Waals surface area contributed by atoms with Gasteiger partial charge in [-0.05, 0) is 54.4 Å². The number of aliphatic imine (C=N–C) groups is 1. The lowest BCUT2D eigenvalue weighted by molar-refractivity contribution is -0.117. The van der Waals surface area contributed by atoms with Gasteiger partial charge >= 0.3 is 5.97 Å². The third-order valence-electron chi connectivity index (χ3n) is 6.99. The average molecular weight is 519 g/mol. The summed E-state index contributed by atoms with van der Waals surface area (Å²) in [6.45, 7) is 0.624. The third-order valence-corrected chi connectivity index (χ3v) is 6.99. The molecule has 0 spiro atoms. The Bertz CT molecular complexity index is 1720. The number of aromatic hydroxyl groups is 1. The molecule has 39 heavy (non-hydrogen) atoms. The predicted molar refractivity (Wildman–Crippen MR) is 150 cm³/mol. The molecule has 1 aliphatic rings. The second kappa shape index (κ2) is 9.98. The van der Waals surface area contributed by atoms with Crippen molar-refractivity contribution in [1.29, 1.82) is 0 Å². The molecule has 5 aromatic rings. The number of aromatic amines is 2. The zero-order chi connectivity index (χ0) is 26.9. The number of nitrogens with one attached hydrogen (secondary N) is 2. The minimum Gasteiger partial charge on any atom is -0.494 e. The number of carbonyl (C=O) groups excluding carboxylic acids is 2. The zero-order valence-corrected chi connectivity index (χ0v) is 21.3. The Hall–Kier alpha value is -5.11. The summed E-state index contributed by atoms with van der Waals surface area (Å²) in [6, 6.07) is 24.4. The van der Waals surface area contributed by atoms with Gasteiger partial charge in [-0.25, -0.2) is 9.79 Å². The molecule has 0 fully saturated rings. The summed E-state index contributed by atoms with van der Waals surface area (Å²) in [5, 5.41) is 11.7. The van der Waals surface area contributed by atoms with Gasteiger partial charge in [0.1, 0.15) is 0 Å². The Morgan fingerprint density at radius 2 is 1.85 bits per heavy atom. The van der Waals surface area contributed by atoms with Crippen LogP contribution in [0.1, 0.15) is 32.7 Å². The van der Waals surface area contributed by atoms with Crippen LogP contribution in [0, 0.1) is 0 Å². The first-order chi connectivity index (χ1) is 19.0. The molecule has 0 bridgehead atoms. The van der Waals surface area contributed by atoms with Crippen molar-refractivity contribution < 1.29 is 19.4 Å². The van der Waals surface area contributed by atoms with Crippen molar-refractivity contribution in [2.24, 2.45) is 4.99 Å². The standard InChI is InChI=1S/C31H26N4O4/c1-39-31(38)21-9-11-24-25(17-21)34-30(37)28(24)29(19-6-3-2-4-7-19)33-23-10-12-26-20(16-23)13-15-35(26)27(36)18-22-8-5-14-32-22/h2-12,14,16-17,32,34,37H,13,15,18H2,1H3. The van der Waals surface area contributed by atoms with Gasteiger partial charge in [-0.1, -0.05) is 36.4 Å². The molecule has 0 saturated heterocycles. The van der Waals surface area contributed by atoms with Crippen molar-refractivity contribution in [3.63, 3.8) is 0 Å². The van der Waals surface area contributed by atoms with Gasteiger partial charge in [0.15, 0.2) is 5.88 Å². The van der Waals surface area contributed by atoms with Crippen LogP contribution >= 0.6 is 0 Å². The second-order valence-corrected chi connectivity index (χ2v) is 9.41. The van der Waals surface area contributed by atoms with Crippen LogP contribution in [-0.2, 0) is 22.4 Å². The molecule has 1 amide bonds. The fraction of sp³-hybridized carbons (Fsp3) is 0.129. The minimum absolute atomic E-state index is 0.0446. The van der Waals surface area contributed by atoms with Crippen LogP contribution in [0.4, 0.5) is 11.4 Å². The topological polar surface area (TPSA) is 111 Å². The van der Waals surface area contributed by atoms with Crippen molar-refractivity contribution in [3.8, 4) is 5.88 Å². The molecule has 8 nitrogen and oxygen atoms in total. The number of benzene rings is 3. The number of fused-ring (bicyclic) bond motifs is 2. The Labute approximate surface area is 224 Å². The molecule has 1 aliphatic heterocycles. The number of ether oxygens (including phenoxy) is 1. The maximum atomic E-state index is 12.9. The van der Waals surface area contributed by atoms with Crippen molar-refractivity contribution in [2.75, 3.05) is 18.6 Å². The molecular weight excluding hydrogens is 492 g/mol. The fourth-order valence-electron chi connectivity index (χ4n) is 5.11. The molecule has 3 aromatic carbocycles. The smallest absolute Gasteiger partial charge is 0.337 e. The molecule has 194 valence electrons. The number of esters is 1. The Kier molecular flexibility index (Phi) is 6.20. The van der Waals surface area contributed by atoms with E-state index in [1.807, 2.05) is 71.8 Å². The maximum Gasteiger partial charge on any atom is 0.337 e. The number of aromatic nitrogens is 2. The number of rotatable bonds is 6. The molecule has 6 rings (SSSR count). The van der Waals surface area contributed by atoms with Crippen LogP contribution in [-0.4, -0.2) is 46.3 Å². The van der Waals surface area contributed by atoms with E-state index in [0.29, 0.717) is 41.0 Å². The lowest BCUT2D eigenvalue weighted by atomic mass is 10.00. The molecule has 2 aromatic heterocycles. The number of carbonyl (C=O) groups is 2. The van der Waals surface area contributed by atoms with Crippen molar-refractivity contribution in [3.05, 3.63) is 113 Å². The first-order valence-electron chi connectivity index (χ1n) is 12.6. The van der Waals surface area contributed by atoms with Gasteiger partial charge in [-0.3, -0.25) is 4.79 Å². The summed E-state index contributed by atoms with van der Waals surface area (Å²) in [5.41, 5.74) is 6.48. The van der Waals surface area contributed by atoms with Crippen LogP contribution in [0.15, 0.2) is 90.1 Å². The quantitative estimate of drug-likeness (QED) is 0.210. The number of hydrogen-bond acceptors (Lipinski definition) is 5. The highest BCUT2D eigenvalue weighted by molar-refractivity contribution is 6.22. The van der Waals surface area contributed by atoms with E-state index < -0.39 is 5.97 Å². The highest BCUT2D eigenvalue weighted by Gasteiger charge is 2.26. The first kappa shape index (κ1) is 24.2. The molecule has 3 heterocycles. The van der Waals surface area contributed by atoms with Gasteiger partial charge in [0.05, 0.1) is 36.1 Å². The predicted octanol–water partition coefficient (Wildman–Crippen LogP) is 5.29. The average Bonchev–Trinajstić information content (AvgIpc) is 3.69. The largest absolute Gasteiger partial charge is 0.494 e. The summed E-state index contributed by atoms with van der Waals surface area (Å²) in [6.07, 6.45) is 2.88. The molecule has 3 N–H and O–H groups in total. The number of nitrogens with zero attached hydrogens (tertiary/aromatic N) is 2. The zero-order valence-electron chi connectivity index (χ0n) is 21.3. The highest BCUT2D eigenvalue weighted by atomic mass is 16.5. The first-order valence-corrected chi connectivity index (χ1v) is 12.6. The van der Waals surface area contributed by atoms with Crippen molar-refractivity contribution >= 4 is 39.9 Å². The molecule has 0 saturated carbocycles. The van der Waals surface area contributed by atoms with Crippen LogP contribution in [0.3, 0.4) is 0 Å². The number of methoxy groups -OCH3 is 1.